The highest BCUT2D eigenvalue weighted by atomic mass is 16.8. The molecule has 5 aliphatic heterocycles. The molecule has 0 amide bonds. The quantitative estimate of drug-likeness (QED) is 0.0363. The minimum absolute atomic E-state index is 0.0466. The molecule has 35 unspecified atom stereocenters. The molecule has 5 saturated heterocycles. The van der Waals surface area contributed by atoms with E-state index in [0.29, 0.717) is 24.8 Å². The normalized spacial score (nSPS) is 50.5. The number of rotatable bonds is 16. The number of aliphatic carboxylic acids is 2. The molecule has 35 atom stereocenters. The van der Waals surface area contributed by atoms with E-state index in [2.05, 4.69) is 6.92 Å². The predicted molar refractivity (Wildman–Crippen MR) is 331 cm³/mol. The summed E-state index contributed by atoms with van der Waals surface area (Å²) in [6.45, 7) is 12.9. The Morgan fingerprint density at radius 1 is 0.576 bits per heavy atom. The van der Waals surface area contributed by atoms with Crippen LogP contribution < -0.4 is 0 Å². The third kappa shape index (κ3) is 13.0. The first-order valence-corrected chi connectivity index (χ1v) is 34.0. The summed E-state index contributed by atoms with van der Waals surface area (Å²) in [5.74, 6) is -7.14. The number of carboxylic acid groups (broad SMARTS) is 2. The molecule has 11 rings (SSSR count). The number of allylic oxidation sites excluding steroid dienone is 2. The second-order valence-electron chi connectivity index (χ2n) is 30.8. The minimum atomic E-state index is -2.18. The van der Waals surface area contributed by atoms with E-state index in [4.69, 9.17) is 52.1 Å². The van der Waals surface area contributed by atoms with Crippen molar-refractivity contribution in [3.8, 4) is 0 Å². The van der Waals surface area contributed by atoms with Crippen LogP contribution in [0, 0.1) is 50.2 Å². The van der Waals surface area contributed by atoms with Gasteiger partial charge in [-0.1, -0.05) is 76.6 Å². The summed E-state index contributed by atoms with van der Waals surface area (Å²) >= 11 is 0. The highest BCUT2D eigenvalue weighted by molar-refractivity contribution is 5.87. The number of carbonyl (C=O) groups excluding carboxylic acids is 2. The van der Waals surface area contributed by atoms with Gasteiger partial charge in [-0.25, -0.2) is 9.59 Å². The first-order chi connectivity index (χ1) is 46.4. The topological polar surface area (TPSA) is 493 Å². The second kappa shape index (κ2) is 28.3. The van der Waals surface area contributed by atoms with Gasteiger partial charge in [-0.3, -0.25) is 9.59 Å². The number of aliphatic hydroxyl groups excluding tert-OH is 14. The van der Waals surface area contributed by atoms with Crippen LogP contribution in [0.2, 0.25) is 0 Å². The van der Waals surface area contributed by atoms with E-state index < -0.39 is 253 Å². The molecule has 0 aromatic heterocycles. The molecule has 1 aromatic rings. The third-order valence-corrected chi connectivity index (χ3v) is 24.6. The minimum Gasteiger partial charge on any atom is -0.481 e. The van der Waals surface area contributed by atoms with Crippen molar-refractivity contribution in [3.63, 3.8) is 0 Å². The lowest BCUT2D eigenvalue weighted by molar-refractivity contribution is -0.379. The molecule has 556 valence electrons. The van der Waals surface area contributed by atoms with Crippen LogP contribution in [-0.2, 0) is 71.3 Å². The fourth-order valence-corrected chi connectivity index (χ4v) is 18.8. The van der Waals surface area contributed by atoms with Crippen molar-refractivity contribution in [2.45, 2.75) is 272 Å². The summed E-state index contributed by atoms with van der Waals surface area (Å²) in [6, 6.07) is 8.68. The zero-order valence-electron chi connectivity index (χ0n) is 56.3. The Hall–Kier alpha value is -4.34. The Kier molecular flexibility index (Phi) is 21.6. The first kappa shape index (κ1) is 75.8. The molecule has 31 nitrogen and oxygen atoms in total. The van der Waals surface area contributed by atoms with Crippen LogP contribution in [-0.4, -0.2) is 285 Å². The van der Waals surface area contributed by atoms with Gasteiger partial charge in [0.05, 0.1) is 43.0 Å². The summed E-state index contributed by atoms with van der Waals surface area (Å²) in [4.78, 5) is 56.7. The van der Waals surface area contributed by atoms with Crippen LogP contribution in [0.4, 0.5) is 0 Å². The molecular formula is C68H98O31. The molecular weight excluding hydrogens is 1310 g/mol. The van der Waals surface area contributed by atoms with Crippen molar-refractivity contribution in [2.75, 3.05) is 13.2 Å². The highest BCUT2D eigenvalue weighted by Crippen LogP contribution is 2.76. The number of fused-ring (bicyclic) bond motifs is 7. The van der Waals surface area contributed by atoms with Crippen LogP contribution in [0.1, 0.15) is 112 Å². The summed E-state index contributed by atoms with van der Waals surface area (Å²) in [5, 5.41) is 179. The molecule has 0 bridgehead atoms. The van der Waals surface area contributed by atoms with Crippen molar-refractivity contribution < 1.29 is 153 Å². The van der Waals surface area contributed by atoms with Gasteiger partial charge in [-0.15, -0.1) is 0 Å². The number of carbonyl (C=O) groups is 4. The largest absolute Gasteiger partial charge is 0.481 e. The molecule has 5 aliphatic carbocycles. The van der Waals surface area contributed by atoms with Gasteiger partial charge in [0.1, 0.15) is 97.0 Å². The van der Waals surface area contributed by atoms with Crippen molar-refractivity contribution in [1.29, 1.82) is 0 Å². The predicted octanol–water partition coefficient (Wildman–Crippen LogP) is -2.15. The van der Waals surface area contributed by atoms with E-state index >= 15 is 4.79 Å². The molecule has 10 aliphatic rings. The summed E-state index contributed by atoms with van der Waals surface area (Å²) in [7, 11) is 0. The molecule has 31 heteroatoms. The van der Waals surface area contributed by atoms with Gasteiger partial charge in [-0.05, 0) is 123 Å². The van der Waals surface area contributed by atoms with Gasteiger partial charge < -0.3 is 134 Å². The van der Waals surface area contributed by atoms with Gasteiger partial charge >= 0.3 is 23.9 Å². The third-order valence-electron chi connectivity index (χ3n) is 24.6. The first-order valence-electron chi connectivity index (χ1n) is 34.0. The van der Waals surface area contributed by atoms with Crippen molar-refractivity contribution in [1.82, 2.24) is 0 Å². The van der Waals surface area contributed by atoms with Crippen molar-refractivity contribution in [2.24, 2.45) is 50.2 Å². The Morgan fingerprint density at radius 2 is 1.17 bits per heavy atom. The average molecular weight is 1410 g/mol. The Morgan fingerprint density at radius 3 is 1.82 bits per heavy atom. The molecule has 16 N–H and O–H groups in total. The van der Waals surface area contributed by atoms with E-state index in [1.807, 2.05) is 33.8 Å². The number of esters is 2. The van der Waals surface area contributed by atoms with E-state index in [1.54, 1.807) is 30.3 Å². The van der Waals surface area contributed by atoms with Crippen LogP contribution in [0.3, 0.4) is 0 Å². The molecule has 4 saturated carbocycles. The van der Waals surface area contributed by atoms with Gasteiger partial charge in [-0.2, -0.15) is 0 Å². The number of ether oxygens (including phenoxy) is 11. The zero-order valence-corrected chi connectivity index (χ0v) is 56.3. The number of hydrogen-bond donors (Lipinski definition) is 16. The maximum Gasteiger partial charge on any atom is 0.335 e. The van der Waals surface area contributed by atoms with Crippen LogP contribution >= 0.6 is 0 Å². The summed E-state index contributed by atoms with van der Waals surface area (Å²) in [6.07, 6.45) is -42.9. The van der Waals surface area contributed by atoms with E-state index in [9.17, 15) is 96.1 Å². The van der Waals surface area contributed by atoms with E-state index in [1.165, 1.54) is 26.8 Å². The maximum atomic E-state index is 16.0. The van der Waals surface area contributed by atoms with Crippen molar-refractivity contribution in [3.05, 3.63) is 53.6 Å². The molecule has 1 aromatic carbocycles. The van der Waals surface area contributed by atoms with Gasteiger partial charge in [0.25, 0.3) is 0 Å². The standard InChI is InChI=1S/C68H98O31/c1-27-39(74)49(95-57-45(80)43(78)42(77)34(25-69)92-57)47(82)58(90-27)97-53-51(93-38(73)17-14-29-12-10-9-11-13-29)40(75)28(2)91-60(53)99-62(88)68-21-20-63(3,4)22-31(68)30-15-16-35-64(5)23-32(70)54(67(8,61(86)87)36(64)18-19-65(35,6)66(30,7)24-37(68)72)98-59-48(83)50(46(81)52(96-59)55(84)85)94-56-44(79)41(76)33(71)26-89-56/h9-15,17,27-28,31-37,39-54,56-60,69-72,74-83H,16,18-26H2,1-8H3,(H,84,85)(H,86,87). The molecule has 9 fully saturated rings. The Bertz CT molecular complexity index is 3140. The molecule has 0 radical (unpaired) electrons. The van der Waals surface area contributed by atoms with Crippen LogP contribution in [0.5, 0.6) is 0 Å². The summed E-state index contributed by atoms with van der Waals surface area (Å²) < 4.78 is 65.6. The maximum absolute atomic E-state index is 16.0. The van der Waals surface area contributed by atoms with Crippen LogP contribution in [0.15, 0.2) is 48.1 Å². The lowest BCUT2D eigenvalue weighted by Crippen LogP contribution is -2.71. The van der Waals surface area contributed by atoms with E-state index in [0.717, 1.165) is 11.6 Å². The molecule has 99 heavy (non-hydrogen) atoms. The average Bonchev–Trinajstić information content (AvgIpc) is 0.669. The Balaban J connectivity index is 0.890. The van der Waals surface area contributed by atoms with Gasteiger partial charge in [0.15, 0.2) is 43.5 Å². The number of hydrogen-bond acceptors (Lipinski definition) is 29. The van der Waals surface area contributed by atoms with Crippen molar-refractivity contribution >= 4 is 30.0 Å². The van der Waals surface area contributed by atoms with Gasteiger partial charge in [0.2, 0.25) is 6.29 Å². The zero-order chi connectivity index (χ0) is 72.3. The number of carboxylic acids is 2. The van der Waals surface area contributed by atoms with E-state index in [-0.39, 0.29) is 32.1 Å². The molecule has 5 heterocycles. The SMILES string of the molecule is CC1OC(OC2C(OC(=O)C34CCC(C)(C)CC3C3=CCC5C6(C)CC(O)C(OC7OC(C(=O)O)C(O)C(OC8OCC(O)C(O)C8O)C7O)C(C)(C(=O)O)C6CCC5(C)C3(C)CC4O)OC(C)C(O)C2OC(=O)C=Cc2ccccc2)C(O)C(OC2OC(CO)C(O)C(O)C2O)C1O. The number of benzene rings is 1. The van der Waals surface area contributed by atoms with Crippen LogP contribution in [0.25, 0.3) is 6.08 Å². The fourth-order valence-electron chi connectivity index (χ4n) is 18.8. The Labute approximate surface area is 570 Å². The molecule has 0 spiro atoms. The highest BCUT2D eigenvalue weighted by Gasteiger charge is 2.75. The smallest absolute Gasteiger partial charge is 0.335 e. The fraction of sp³-hybridized carbons (Fsp3) is 0.794. The monoisotopic (exact) mass is 1410 g/mol. The number of aliphatic hydroxyl groups is 14. The lowest BCUT2D eigenvalue weighted by atomic mass is 9.33. The second-order valence-corrected chi connectivity index (χ2v) is 30.8. The van der Waals surface area contributed by atoms with Gasteiger partial charge in [0, 0.05) is 6.08 Å². The lowest BCUT2D eigenvalue weighted by Gasteiger charge is -2.71. The summed E-state index contributed by atoms with van der Waals surface area (Å²) in [5.41, 5.74) is -5.62.